The van der Waals surface area contributed by atoms with Crippen LogP contribution >= 0.6 is 0 Å². The van der Waals surface area contributed by atoms with Crippen LogP contribution in [0.2, 0.25) is 0 Å². The smallest absolute Gasteiger partial charge is 0.170 e. The van der Waals surface area contributed by atoms with Crippen LogP contribution in [0.3, 0.4) is 0 Å². The zero-order chi connectivity index (χ0) is 10.2. The van der Waals surface area contributed by atoms with Crippen LogP contribution in [0.15, 0.2) is 18.2 Å². The van der Waals surface area contributed by atoms with Crippen molar-refractivity contribution in [3.8, 4) is 5.75 Å². The molecule has 0 spiro atoms. The summed E-state index contributed by atoms with van der Waals surface area (Å²) in [5, 5.41) is 0. The largest absolute Gasteiger partial charge is 0.494 e. The minimum Gasteiger partial charge on any atom is -0.494 e. The van der Waals surface area contributed by atoms with Gasteiger partial charge in [0.2, 0.25) is 0 Å². The number of ether oxygens (including phenoxy) is 1. The maximum atomic E-state index is 13.8. The molecule has 14 heavy (non-hydrogen) atoms. The fourth-order valence-electron chi connectivity index (χ4n) is 1.88. The third-order valence-corrected chi connectivity index (χ3v) is 2.97. The van der Waals surface area contributed by atoms with Gasteiger partial charge in [-0.15, -0.1) is 0 Å². The fourth-order valence-corrected chi connectivity index (χ4v) is 1.88. The van der Waals surface area contributed by atoms with Gasteiger partial charge in [0.25, 0.3) is 0 Å². The summed E-state index contributed by atoms with van der Waals surface area (Å²) in [6.07, 6.45) is 2.79. The molecule has 1 aliphatic carbocycles. The van der Waals surface area contributed by atoms with E-state index in [1.807, 2.05) is 0 Å². The maximum absolute atomic E-state index is 13.8. The first-order valence-electron chi connectivity index (χ1n) is 4.79. The van der Waals surface area contributed by atoms with Crippen molar-refractivity contribution < 1.29 is 9.13 Å². The summed E-state index contributed by atoms with van der Waals surface area (Å²) in [7, 11) is 1.46. The lowest BCUT2D eigenvalue weighted by Gasteiger charge is -2.38. The number of hydrogen-bond acceptors (Lipinski definition) is 2. The highest BCUT2D eigenvalue weighted by Crippen LogP contribution is 2.41. The molecule has 1 aromatic carbocycles. The van der Waals surface area contributed by atoms with Gasteiger partial charge in [0.1, 0.15) is 0 Å². The molecule has 0 aromatic heterocycles. The van der Waals surface area contributed by atoms with E-state index in [9.17, 15) is 4.39 Å². The van der Waals surface area contributed by atoms with Crippen LogP contribution in [0.25, 0.3) is 0 Å². The van der Waals surface area contributed by atoms with E-state index < -0.39 is 5.54 Å². The van der Waals surface area contributed by atoms with Gasteiger partial charge in [-0.3, -0.25) is 0 Å². The Balaban J connectivity index is 2.43. The summed E-state index contributed by atoms with van der Waals surface area (Å²) in [6, 6.07) is 5.14. The summed E-state index contributed by atoms with van der Waals surface area (Å²) in [5.74, 6) is -0.0311. The van der Waals surface area contributed by atoms with E-state index in [2.05, 4.69) is 0 Å². The normalized spacial score (nSPS) is 18.8. The summed E-state index contributed by atoms with van der Waals surface area (Å²) in [4.78, 5) is 0. The summed E-state index contributed by atoms with van der Waals surface area (Å²) < 4.78 is 18.7. The van der Waals surface area contributed by atoms with Crippen LogP contribution in [0.4, 0.5) is 4.39 Å². The van der Waals surface area contributed by atoms with Crippen molar-refractivity contribution in [3.63, 3.8) is 0 Å². The van der Waals surface area contributed by atoms with E-state index >= 15 is 0 Å². The lowest BCUT2D eigenvalue weighted by atomic mass is 9.72. The summed E-state index contributed by atoms with van der Waals surface area (Å²) in [6.45, 7) is 0. The van der Waals surface area contributed by atoms with Crippen LogP contribution in [0, 0.1) is 5.82 Å². The average Bonchev–Trinajstić information content (AvgIpc) is 2.15. The first-order valence-corrected chi connectivity index (χ1v) is 4.79. The fraction of sp³-hybridized carbons (Fsp3) is 0.455. The van der Waals surface area contributed by atoms with Crippen molar-refractivity contribution in [2.24, 2.45) is 5.73 Å². The van der Waals surface area contributed by atoms with Gasteiger partial charge in [0, 0.05) is 11.1 Å². The van der Waals surface area contributed by atoms with Crippen molar-refractivity contribution in [1.82, 2.24) is 0 Å². The summed E-state index contributed by atoms with van der Waals surface area (Å²) >= 11 is 0. The van der Waals surface area contributed by atoms with Crippen LogP contribution in [0.5, 0.6) is 5.75 Å². The van der Waals surface area contributed by atoms with Gasteiger partial charge in [-0.2, -0.15) is 0 Å². The molecular formula is C11H14FNO. The second kappa shape index (κ2) is 3.24. The van der Waals surface area contributed by atoms with Crippen LogP contribution in [-0.4, -0.2) is 7.11 Å². The van der Waals surface area contributed by atoms with Gasteiger partial charge < -0.3 is 10.5 Å². The highest BCUT2D eigenvalue weighted by atomic mass is 19.1. The molecule has 1 aromatic rings. The van der Waals surface area contributed by atoms with Gasteiger partial charge in [-0.1, -0.05) is 12.1 Å². The number of methoxy groups -OCH3 is 1. The molecule has 2 N–H and O–H groups in total. The number of halogens is 1. The molecule has 1 saturated carbocycles. The lowest BCUT2D eigenvalue weighted by Crippen LogP contribution is -2.44. The molecule has 0 radical (unpaired) electrons. The quantitative estimate of drug-likeness (QED) is 0.785. The Kier molecular flexibility index (Phi) is 2.19. The van der Waals surface area contributed by atoms with Crippen LogP contribution in [-0.2, 0) is 5.54 Å². The molecule has 0 atom stereocenters. The second-order valence-corrected chi connectivity index (χ2v) is 3.83. The van der Waals surface area contributed by atoms with Gasteiger partial charge in [0.05, 0.1) is 7.11 Å². The highest BCUT2D eigenvalue weighted by molar-refractivity contribution is 5.36. The Morgan fingerprint density at radius 2 is 2.14 bits per heavy atom. The number of hydrogen-bond donors (Lipinski definition) is 1. The first kappa shape index (κ1) is 9.46. The summed E-state index contributed by atoms with van der Waals surface area (Å²) in [5.41, 5.74) is 6.18. The van der Waals surface area contributed by atoms with E-state index in [1.165, 1.54) is 7.11 Å². The van der Waals surface area contributed by atoms with E-state index in [-0.39, 0.29) is 11.6 Å². The highest BCUT2D eigenvalue weighted by Gasteiger charge is 2.37. The third kappa shape index (κ3) is 1.28. The molecule has 1 aliphatic rings. The molecular weight excluding hydrogens is 181 g/mol. The van der Waals surface area contributed by atoms with E-state index in [0.29, 0.717) is 5.56 Å². The molecule has 0 heterocycles. The van der Waals surface area contributed by atoms with E-state index in [4.69, 9.17) is 10.5 Å². The van der Waals surface area contributed by atoms with Crippen molar-refractivity contribution >= 4 is 0 Å². The predicted molar refractivity (Wildman–Crippen MR) is 52.7 cm³/mol. The lowest BCUT2D eigenvalue weighted by molar-refractivity contribution is 0.242. The number of benzene rings is 1. The van der Waals surface area contributed by atoms with Crippen molar-refractivity contribution in [1.29, 1.82) is 0 Å². The molecule has 1 fully saturated rings. The molecule has 0 unspecified atom stereocenters. The molecule has 2 nitrogen and oxygen atoms in total. The van der Waals surface area contributed by atoms with Gasteiger partial charge in [-0.25, -0.2) is 4.39 Å². The van der Waals surface area contributed by atoms with Gasteiger partial charge >= 0.3 is 0 Å². The monoisotopic (exact) mass is 195 g/mol. The molecule has 76 valence electrons. The predicted octanol–water partition coefficient (Wildman–Crippen LogP) is 2.17. The van der Waals surface area contributed by atoms with Crippen LogP contribution in [0.1, 0.15) is 24.8 Å². The van der Waals surface area contributed by atoms with Crippen molar-refractivity contribution in [2.75, 3.05) is 7.11 Å². The van der Waals surface area contributed by atoms with E-state index in [0.717, 1.165) is 19.3 Å². The molecule has 0 amide bonds. The zero-order valence-corrected chi connectivity index (χ0v) is 8.22. The van der Waals surface area contributed by atoms with Gasteiger partial charge in [0.15, 0.2) is 11.6 Å². The number of rotatable bonds is 2. The first-order chi connectivity index (χ1) is 6.67. The Labute approximate surface area is 82.9 Å². The molecule has 3 heteroatoms. The standard InChI is InChI=1S/C11H14FNO/c1-14-9-5-2-4-8(10(9)12)11(13)6-3-7-11/h2,4-5H,3,6-7,13H2,1H3. The van der Waals surface area contributed by atoms with E-state index in [1.54, 1.807) is 18.2 Å². The third-order valence-electron chi connectivity index (χ3n) is 2.97. The number of nitrogens with two attached hydrogens (primary N) is 1. The van der Waals surface area contributed by atoms with Crippen LogP contribution < -0.4 is 10.5 Å². The Hall–Kier alpha value is -1.09. The zero-order valence-electron chi connectivity index (χ0n) is 8.22. The maximum Gasteiger partial charge on any atom is 0.170 e. The SMILES string of the molecule is COc1cccc(C2(N)CCC2)c1F. The Bertz CT molecular complexity index is 347. The average molecular weight is 195 g/mol. The molecule has 0 bridgehead atoms. The topological polar surface area (TPSA) is 35.2 Å². The molecule has 0 saturated heterocycles. The Morgan fingerprint density at radius 1 is 1.43 bits per heavy atom. The van der Waals surface area contributed by atoms with Gasteiger partial charge in [-0.05, 0) is 25.3 Å². The van der Waals surface area contributed by atoms with Crippen molar-refractivity contribution in [3.05, 3.63) is 29.6 Å². The van der Waals surface area contributed by atoms with Crippen molar-refractivity contribution in [2.45, 2.75) is 24.8 Å². The molecule has 0 aliphatic heterocycles. The molecule has 2 rings (SSSR count). The Morgan fingerprint density at radius 3 is 2.64 bits per heavy atom. The minimum atomic E-state index is -0.460. The second-order valence-electron chi connectivity index (χ2n) is 3.83. The minimum absolute atomic E-state index is 0.277.